The van der Waals surface area contributed by atoms with Crippen molar-refractivity contribution in [2.75, 3.05) is 13.2 Å². The highest BCUT2D eigenvalue weighted by Gasteiger charge is 2.53. The normalized spacial score (nSPS) is 27.5. The van der Waals surface area contributed by atoms with E-state index in [1.165, 1.54) is 0 Å². The summed E-state index contributed by atoms with van der Waals surface area (Å²) in [6.07, 6.45) is 3.97. The van der Waals surface area contributed by atoms with Crippen molar-refractivity contribution in [2.45, 2.75) is 59.5 Å². The number of rotatable bonds is 3. The highest BCUT2D eigenvalue weighted by Crippen LogP contribution is 2.49. The number of carbonyl (C=O) groups is 1. The molecule has 1 N–H and O–H groups in total. The van der Waals surface area contributed by atoms with Crippen molar-refractivity contribution in [1.82, 2.24) is 0 Å². The lowest BCUT2D eigenvalue weighted by Crippen LogP contribution is -2.54. The second-order valence-corrected chi connectivity index (χ2v) is 6.52. The van der Waals surface area contributed by atoms with Crippen LogP contribution < -0.4 is 0 Å². The first-order chi connectivity index (χ1) is 10.3. The molecular weight excluding hydrogens is 280 g/mol. The Morgan fingerprint density at radius 2 is 2.14 bits per heavy atom. The summed E-state index contributed by atoms with van der Waals surface area (Å²) < 4.78 is 10.7. The van der Waals surface area contributed by atoms with Crippen molar-refractivity contribution in [1.29, 1.82) is 0 Å². The fourth-order valence-corrected chi connectivity index (χ4v) is 3.12. The lowest BCUT2D eigenvalue weighted by molar-refractivity contribution is -0.113. The Morgan fingerprint density at radius 1 is 1.45 bits per heavy atom. The van der Waals surface area contributed by atoms with Crippen molar-refractivity contribution in [2.24, 2.45) is 11.3 Å². The number of aliphatic hydroxyl groups excluding tert-OH is 1. The van der Waals surface area contributed by atoms with Gasteiger partial charge in [0.2, 0.25) is 0 Å². The number of hydrogen-bond donors (Lipinski definition) is 1. The van der Waals surface area contributed by atoms with Crippen LogP contribution in [0.15, 0.2) is 11.6 Å². The van der Waals surface area contributed by atoms with E-state index >= 15 is 0 Å². The summed E-state index contributed by atoms with van der Waals surface area (Å²) in [7, 11) is 0. The Kier molecular flexibility index (Phi) is 6.49. The molecule has 0 heterocycles. The van der Waals surface area contributed by atoms with Gasteiger partial charge < -0.3 is 14.6 Å². The van der Waals surface area contributed by atoms with Crippen LogP contribution >= 0.6 is 0 Å². The maximum atomic E-state index is 12.0. The largest absolute Gasteiger partial charge is 0.509 e. The van der Waals surface area contributed by atoms with Crippen LogP contribution in [0.4, 0.5) is 4.79 Å². The summed E-state index contributed by atoms with van der Waals surface area (Å²) >= 11 is 0. The number of hydrogen-bond acceptors (Lipinski definition) is 4. The summed E-state index contributed by atoms with van der Waals surface area (Å²) in [4.78, 5) is 12.0. The van der Waals surface area contributed by atoms with Crippen molar-refractivity contribution in [3.05, 3.63) is 11.6 Å². The number of ether oxygens (including phenoxy) is 2. The van der Waals surface area contributed by atoms with Gasteiger partial charge in [-0.3, -0.25) is 0 Å². The lowest BCUT2D eigenvalue weighted by atomic mass is 9.61. The molecule has 0 aromatic rings. The Balaban J connectivity index is 3.24. The van der Waals surface area contributed by atoms with Gasteiger partial charge >= 0.3 is 6.16 Å². The van der Waals surface area contributed by atoms with Crippen molar-refractivity contribution >= 4 is 6.16 Å². The Hall–Kier alpha value is -1.47. The summed E-state index contributed by atoms with van der Waals surface area (Å²) in [6.45, 7) is 10.1. The van der Waals surface area contributed by atoms with Gasteiger partial charge in [-0.2, -0.15) is 0 Å². The van der Waals surface area contributed by atoms with Crippen LogP contribution in [0.2, 0.25) is 0 Å². The number of allylic oxidation sites excluding steroid dienone is 1. The first kappa shape index (κ1) is 18.6. The van der Waals surface area contributed by atoms with Gasteiger partial charge in [-0.05, 0) is 44.3 Å². The molecule has 0 amide bonds. The molecule has 1 rings (SSSR count). The third-order valence-corrected chi connectivity index (χ3v) is 4.49. The van der Waals surface area contributed by atoms with Gasteiger partial charge in [-0.15, -0.1) is 0 Å². The predicted molar refractivity (Wildman–Crippen MR) is 86.3 cm³/mol. The molecule has 1 aliphatic rings. The van der Waals surface area contributed by atoms with E-state index in [4.69, 9.17) is 14.6 Å². The molecule has 0 aliphatic heterocycles. The smallest absolute Gasteiger partial charge is 0.435 e. The van der Waals surface area contributed by atoms with E-state index in [0.717, 1.165) is 24.8 Å². The molecule has 0 radical (unpaired) electrons. The summed E-state index contributed by atoms with van der Waals surface area (Å²) in [5.41, 5.74) is -0.366. The molecule has 1 fully saturated rings. The quantitative estimate of drug-likeness (QED) is 0.638. The van der Waals surface area contributed by atoms with Gasteiger partial charge in [0, 0.05) is 11.3 Å². The fraction of sp³-hybridized carbons (Fsp3) is 0.722. The monoisotopic (exact) mass is 308 g/mol. The second-order valence-electron chi connectivity index (χ2n) is 6.52. The minimum absolute atomic E-state index is 0.0504. The zero-order chi connectivity index (χ0) is 16.8. The van der Waals surface area contributed by atoms with Crippen LogP contribution in [0, 0.1) is 23.2 Å². The van der Waals surface area contributed by atoms with Crippen LogP contribution in [0.25, 0.3) is 0 Å². The number of carbonyl (C=O) groups excluding carboxylic acids is 1. The standard InChI is InChI=1S/C18H28O4/c1-6-21-16(20)22-18(12-9-14(2)10-13-19)15(3)8-7-11-17(18,4)5/h10,15,19H,6-8,11,13H2,1-5H3/b14-10+. The van der Waals surface area contributed by atoms with E-state index in [1.54, 1.807) is 13.0 Å². The first-order valence-electron chi connectivity index (χ1n) is 7.95. The molecule has 124 valence electrons. The van der Waals surface area contributed by atoms with Crippen LogP contribution in [-0.4, -0.2) is 30.1 Å². The van der Waals surface area contributed by atoms with E-state index in [9.17, 15) is 4.79 Å². The molecule has 0 spiro atoms. The van der Waals surface area contributed by atoms with Gasteiger partial charge in [-0.25, -0.2) is 4.79 Å². The van der Waals surface area contributed by atoms with Gasteiger partial charge in [-0.1, -0.05) is 33.1 Å². The van der Waals surface area contributed by atoms with E-state index < -0.39 is 11.8 Å². The third-order valence-electron chi connectivity index (χ3n) is 4.49. The SMILES string of the molecule is CCOC(=O)OC1(C#C/C(C)=C/CO)C(C)CCCC1(C)C. The molecule has 0 saturated heterocycles. The molecule has 1 aliphatic carbocycles. The molecule has 2 atom stereocenters. The average molecular weight is 308 g/mol. The zero-order valence-corrected chi connectivity index (χ0v) is 14.4. The molecule has 2 unspecified atom stereocenters. The van der Waals surface area contributed by atoms with E-state index in [2.05, 4.69) is 32.6 Å². The Labute approximate surface area is 133 Å². The fourth-order valence-electron chi connectivity index (χ4n) is 3.12. The van der Waals surface area contributed by atoms with Gasteiger partial charge in [0.25, 0.3) is 0 Å². The van der Waals surface area contributed by atoms with E-state index in [1.807, 2.05) is 6.92 Å². The van der Waals surface area contributed by atoms with Crippen LogP contribution in [0.1, 0.15) is 53.9 Å². The Bertz CT molecular complexity index is 481. The topological polar surface area (TPSA) is 55.8 Å². The molecule has 4 nitrogen and oxygen atoms in total. The summed E-state index contributed by atoms with van der Waals surface area (Å²) in [6, 6.07) is 0. The highest BCUT2D eigenvalue weighted by atomic mass is 16.7. The van der Waals surface area contributed by atoms with Crippen LogP contribution in [0.3, 0.4) is 0 Å². The zero-order valence-electron chi connectivity index (χ0n) is 14.4. The lowest BCUT2D eigenvalue weighted by Gasteiger charge is -2.49. The van der Waals surface area contributed by atoms with Crippen molar-refractivity contribution < 1.29 is 19.4 Å². The molecule has 4 heteroatoms. The highest BCUT2D eigenvalue weighted by molar-refractivity contribution is 5.61. The maximum Gasteiger partial charge on any atom is 0.509 e. The molecule has 22 heavy (non-hydrogen) atoms. The molecule has 0 bridgehead atoms. The van der Waals surface area contributed by atoms with Crippen LogP contribution in [0.5, 0.6) is 0 Å². The average Bonchev–Trinajstić information content (AvgIpc) is 2.42. The predicted octanol–water partition coefficient (Wildman–Crippen LogP) is 3.69. The van der Waals surface area contributed by atoms with Gasteiger partial charge in [0.05, 0.1) is 13.2 Å². The van der Waals surface area contributed by atoms with Crippen molar-refractivity contribution in [3.63, 3.8) is 0 Å². The number of aliphatic hydroxyl groups is 1. The first-order valence-corrected chi connectivity index (χ1v) is 7.95. The molecular formula is C18H28O4. The van der Waals surface area contributed by atoms with Crippen molar-refractivity contribution in [3.8, 4) is 11.8 Å². The van der Waals surface area contributed by atoms with E-state index in [0.29, 0.717) is 0 Å². The van der Waals surface area contributed by atoms with Gasteiger partial charge in [0.15, 0.2) is 5.60 Å². The second kappa shape index (κ2) is 7.69. The van der Waals surface area contributed by atoms with Gasteiger partial charge in [0.1, 0.15) is 0 Å². The molecule has 0 aromatic carbocycles. The Morgan fingerprint density at radius 3 is 2.68 bits per heavy atom. The molecule has 0 aromatic heterocycles. The van der Waals surface area contributed by atoms with E-state index in [-0.39, 0.29) is 24.5 Å². The minimum Gasteiger partial charge on any atom is -0.435 e. The minimum atomic E-state index is -0.873. The third kappa shape index (κ3) is 4.04. The summed E-state index contributed by atoms with van der Waals surface area (Å²) in [5.74, 6) is 6.36. The summed E-state index contributed by atoms with van der Waals surface area (Å²) in [5, 5.41) is 8.96. The maximum absolute atomic E-state index is 12.0. The van der Waals surface area contributed by atoms with Crippen LogP contribution in [-0.2, 0) is 9.47 Å². The molecule has 1 saturated carbocycles.